The maximum atomic E-state index is 11.3. The van der Waals surface area contributed by atoms with Crippen LogP contribution in [-0.2, 0) is 0 Å². The lowest BCUT2D eigenvalue weighted by molar-refractivity contribution is 0.214. The molecule has 1 aliphatic carbocycles. The van der Waals surface area contributed by atoms with E-state index in [9.17, 15) is 9.90 Å². The molecule has 14 heavy (non-hydrogen) atoms. The van der Waals surface area contributed by atoms with Crippen molar-refractivity contribution in [2.45, 2.75) is 38.1 Å². The van der Waals surface area contributed by atoms with Gasteiger partial charge in [0.2, 0.25) is 0 Å². The van der Waals surface area contributed by atoms with Gasteiger partial charge in [-0.2, -0.15) is 0 Å². The second-order valence-electron chi connectivity index (χ2n) is 3.72. The fraction of sp³-hybridized carbons (Fsp3) is 0.700. The third-order valence-electron chi connectivity index (χ3n) is 2.70. The summed E-state index contributed by atoms with van der Waals surface area (Å²) < 4.78 is 0. The number of aliphatic hydroxyl groups excluding tert-OH is 1. The van der Waals surface area contributed by atoms with Crippen molar-refractivity contribution < 1.29 is 9.90 Å². The summed E-state index contributed by atoms with van der Waals surface area (Å²) in [5.74, 6) is 0.0706. The smallest absolute Gasteiger partial charge is 0.315 e. The number of nitrogens with one attached hydrogen (secondary N) is 2. The van der Waals surface area contributed by atoms with E-state index in [0.29, 0.717) is 6.54 Å². The fourth-order valence-corrected chi connectivity index (χ4v) is 1.89. The van der Waals surface area contributed by atoms with E-state index < -0.39 is 5.54 Å². The number of hydrogen-bond acceptors (Lipinski definition) is 2. The molecule has 4 nitrogen and oxygen atoms in total. The largest absolute Gasteiger partial charge is 0.510 e. The van der Waals surface area contributed by atoms with Gasteiger partial charge in [-0.1, -0.05) is 19.4 Å². The van der Waals surface area contributed by atoms with E-state index in [1.165, 1.54) is 0 Å². The zero-order valence-electron chi connectivity index (χ0n) is 8.60. The van der Waals surface area contributed by atoms with E-state index in [1.54, 1.807) is 0 Å². The van der Waals surface area contributed by atoms with Crippen molar-refractivity contribution >= 4 is 6.03 Å². The van der Waals surface area contributed by atoms with Gasteiger partial charge in [-0.05, 0) is 19.8 Å². The Bertz CT molecular complexity index is 232. The molecule has 1 rings (SSSR count). The van der Waals surface area contributed by atoms with Gasteiger partial charge in [0.25, 0.3) is 0 Å². The minimum atomic E-state index is -0.584. The first-order chi connectivity index (χ1) is 6.60. The van der Waals surface area contributed by atoms with E-state index >= 15 is 0 Å². The van der Waals surface area contributed by atoms with Crippen LogP contribution in [0, 0.1) is 0 Å². The second kappa shape index (κ2) is 4.35. The molecule has 0 atom stereocenters. The molecule has 0 bridgehead atoms. The molecule has 80 valence electrons. The lowest BCUT2D eigenvalue weighted by Crippen LogP contribution is -2.51. The number of urea groups is 1. The maximum absolute atomic E-state index is 11.3. The Morgan fingerprint density at radius 2 is 2.07 bits per heavy atom. The highest BCUT2D eigenvalue weighted by molar-refractivity contribution is 5.75. The molecular formula is C10H18N2O2. The standard InChI is InChI=1S/C10H18N2O2/c1-3-11-9(14)12-10(8(2)13)6-4-5-7-10/h13H,2-7H2,1H3,(H2,11,12,14). The average Bonchev–Trinajstić information content (AvgIpc) is 2.54. The Morgan fingerprint density at radius 3 is 2.50 bits per heavy atom. The summed E-state index contributed by atoms with van der Waals surface area (Å²) >= 11 is 0. The van der Waals surface area contributed by atoms with Crippen molar-refractivity contribution in [1.82, 2.24) is 10.6 Å². The van der Waals surface area contributed by atoms with Crippen LogP contribution >= 0.6 is 0 Å². The van der Waals surface area contributed by atoms with E-state index in [1.807, 2.05) is 6.92 Å². The Balaban J connectivity index is 2.60. The van der Waals surface area contributed by atoms with Gasteiger partial charge in [-0.3, -0.25) is 0 Å². The molecule has 0 saturated heterocycles. The molecule has 4 heteroatoms. The molecular weight excluding hydrogens is 180 g/mol. The quantitative estimate of drug-likeness (QED) is 0.604. The summed E-state index contributed by atoms with van der Waals surface area (Å²) in [6, 6.07) is -0.232. The highest BCUT2D eigenvalue weighted by Crippen LogP contribution is 2.33. The third kappa shape index (κ3) is 2.19. The van der Waals surface area contributed by atoms with Crippen molar-refractivity contribution in [3.8, 4) is 0 Å². The van der Waals surface area contributed by atoms with Crippen LogP contribution in [0.25, 0.3) is 0 Å². The Labute approximate surface area is 84.4 Å². The first-order valence-corrected chi connectivity index (χ1v) is 5.05. The maximum Gasteiger partial charge on any atom is 0.315 e. The minimum absolute atomic E-state index is 0.0706. The number of amides is 2. The molecule has 0 unspecified atom stereocenters. The van der Waals surface area contributed by atoms with Crippen LogP contribution in [0.2, 0.25) is 0 Å². The van der Waals surface area contributed by atoms with Crippen LogP contribution in [0.3, 0.4) is 0 Å². The third-order valence-corrected chi connectivity index (χ3v) is 2.70. The molecule has 0 spiro atoms. The average molecular weight is 198 g/mol. The van der Waals surface area contributed by atoms with Crippen LogP contribution in [-0.4, -0.2) is 23.2 Å². The van der Waals surface area contributed by atoms with Gasteiger partial charge in [0.05, 0.1) is 5.54 Å². The predicted molar refractivity (Wildman–Crippen MR) is 55.2 cm³/mol. The van der Waals surface area contributed by atoms with Gasteiger partial charge in [-0.25, -0.2) is 4.79 Å². The molecule has 0 heterocycles. The monoisotopic (exact) mass is 198 g/mol. The Kier molecular flexibility index (Phi) is 3.38. The predicted octanol–water partition coefficient (Wildman–Crippen LogP) is 1.69. The molecule has 0 aromatic heterocycles. The molecule has 1 saturated carbocycles. The Hall–Kier alpha value is -1.19. The van der Waals surface area contributed by atoms with Gasteiger partial charge in [0.1, 0.15) is 5.76 Å². The summed E-state index contributed by atoms with van der Waals surface area (Å²) in [5, 5.41) is 14.9. The van der Waals surface area contributed by atoms with Crippen LogP contribution in [0.1, 0.15) is 32.6 Å². The SMILES string of the molecule is C=C(O)C1(NC(=O)NCC)CCCC1. The van der Waals surface area contributed by atoms with Crippen molar-refractivity contribution in [3.63, 3.8) is 0 Å². The van der Waals surface area contributed by atoms with E-state index in [-0.39, 0.29) is 11.8 Å². The summed E-state index contributed by atoms with van der Waals surface area (Å²) in [5.41, 5.74) is -0.584. The zero-order valence-corrected chi connectivity index (χ0v) is 8.60. The molecule has 0 radical (unpaired) electrons. The normalized spacial score (nSPS) is 18.9. The van der Waals surface area contributed by atoms with Gasteiger partial charge in [0, 0.05) is 6.54 Å². The van der Waals surface area contributed by atoms with E-state index in [4.69, 9.17) is 0 Å². The summed E-state index contributed by atoms with van der Waals surface area (Å²) in [7, 11) is 0. The van der Waals surface area contributed by atoms with E-state index in [0.717, 1.165) is 25.7 Å². The topological polar surface area (TPSA) is 61.4 Å². The number of aliphatic hydroxyl groups is 1. The first kappa shape index (κ1) is 10.9. The van der Waals surface area contributed by atoms with Crippen molar-refractivity contribution in [3.05, 3.63) is 12.3 Å². The minimum Gasteiger partial charge on any atom is -0.510 e. The highest BCUT2D eigenvalue weighted by Gasteiger charge is 2.38. The number of carbonyl (C=O) groups is 1. The second-order valence-corrected chi connectivity index (χ2v) is 3.72. The number of hydrogen-bond donors (Lipinski definition) is 3. The van der Waals surface area contributed by atoms with Crippen LogP contribution < -0.4 is 10.6 Å². The molecule has 2 amide bonds. The molecule has 3 N–H and O–H groups in total. The van der Waals surface area contributed by atoms with Gasteiger partial charge >= 0.3 is 6.03 Å². The fourth-order valence-electron chi connectivity index (χ4n) is 1.89. The summed E-state index contributed by atoms with van der Waals surface area (Å²) in [6.07, 6.45) is 3.59. The number of carbonyl (C=O) groups excluding carboxylic acids is 1. The lowest BCUT2D eigenvalue weighted by atomic mass is 9.96. The van der Waals surface area contributed by atoms with Crippen LogP contribution in [0.5, 0.6) is 0 Å². The van der Waals surface area contributed by atoms with Crippen molar-refractivity contribution in [2.75, 3.05) is 6.54 Å². The highest BCUT2D eigenvalue weighted by atomic mass is 16.3. The lowest BCUT2D eigenvalue weighted by Gasteiger charge is -2.28. The molecule has 1 fully saturated rings. The van der Waals surface area contributed by atoms with Crippen LogP contribution in [0.15, 0.2) is 12.3 Å². The summed E-state index contributed by atoms with van der Waals surface area (Å²) in [4.78, 5) is 11.3. The molecule has 0 aliphatic heterocycles. The molecule has 1 aliphatic rings. The molecule has 0 aromatic rings. The number of rotatable bonds is 3. The van der Waals surface area contributed by atoms with Crippen molar-refractivity contribution in [2.24, 2.45) is 0 Å². The molecule has 0 aromatic carbocycles. The van der Waals surface area contributed by atoms with Gasteiger partial charge in [-0.15, -0.1) is 0 Å². The summed E-state index contributed by atoms with van der Waals surface area (Å²) in [6.45, 7) is 5.97. The van der Waals surface area contributed by atoms with Gasteiger partial charge in [0.15, 0.2) is 0 Å². The Morgan fingerprint density at radius 1 is 1.50 bits per heavy atom. The van der Waals surface area contributed by atoms with Crippen LogP contribution in [0.4, 0.5) is 4.79 Å². The van der Waals surface area contributed by atoms with Crippen molar-refractivity contribution in [1.29, 1.82) is 0 Å². The zero-order chi connectivity index (χ0) is 10.6. The van der Waals surface area contributed by atoms with Gasteiger partial charge < -0.3 is 15.7 Å². The van der Waals surface area contributed by atoms with E-state index in [2.05, 4.69) is 17.2 Å². The first-order valence-electron chi connectivity index (χ1n) is 5.05.